The van der Waals surface area contributed by atoms with E-state index in [2.05, 4.69) is 25.3 Å². The summed E-state index contributed by atoms with van der Waals surface area (Å²) in [4.78, 5) is 18.4. The summed E-state index contributed by atoms with van der Waals surface area (Å²) in [5, 5.41) is 23.7. The van der Waals surface area contributed by atoms with Crippen molar-refractivity contribution in [3.05, 3.63) is 54.6 Å². The number of carboxylic acids is 1. The Morgan fingerprint density at radius 1 is 0.900 bits per heavy atom. The number of halogens is 3. The van der Waals surface area contributed by atoms with Gasteiger partial charge < -0.3 is 20.8 Å². The Kier molecular flexibility index (Phi) is 11.0. The number of aromatic nitrogens is 2. The Hall–Kier alpha value is -3.49. The van der Waals surface area contributed by atoms with E-state index < -0.39 is 22.2 Å². The van der Waals surface area contributed by atoms with Gasteiger partial charge in [-0.05, 0) is 61.8 Å². The predicted octanol–water partition coefficient (Wildman–Crippen LogP) is 3.86. The van der Waals surface area contributed by atoms with Crippen molar-refractivity contribution in [2.75, 3.05) is 36.9 Å². The van der Waals surface area contributed by atoms with Crippen molar-refractivity contribution in [2.24, 2.45) is 11.8 Å². The third-order valence-corrected chi connectivity index (χ3v) is 7.82. The maximum atomic E-state index is 12.4. The number of fused-ring (bicyclic) bond motifs is 1. The summed E-state index contributed by atoms with van der Waals surface area (Å²) in [5.74, 6) is -0.618. The van der Waals surface area contributed by atoms with Crippen molar-refractivity contribution in [2.45, 2.75) is 36.8 Å². The van der Waals surface area contributed by atoms with E-state index in [9.17, 15) is 21.6 Å². The molecule has 14 heteroatoms. The second kappa shape index (κ2) is 14.2. The number of aliphatic hydroxyl groups is 1. The number of carbonyl (C=O) groups is 1. The molecule has 4 rings (SSSR count). The molecule has 2 aromatic carbocycles. The topological polar surface area (TPSA) is 154 Å². The maximum Gasteiger partial charge on any atom is 0.490 e. The number of aliphatic carboxylic acids is 1. The Morgan fingerprint density at radius 2 is 1.48 bits per heavy atom. The van der Waals surface area contributed by atoms with Crippen molar-refractivity contribution < 1.29 is 36.6 Å². The fourth-order valence-electron chi connectivity index (χ4n) is 4.25. The second-order valence-electron chi connectivity index (χ2n) is 9.30. The second-order valence-corrected chi connectivity index (χ2v) is 11.1. The molecule has 0 saturated heterocycles. The lowest BCUT2D eigenvalue weighted by molar-refractivity contribution is -0.192. The first-order chi connectivity index (χ1) is 19.0. The fraction of sp³-hybridized carbons (Fsp3) is 0.423. The molecule has 5 N–H and O–H groups in total. The van der Waals surface area contributed by atoms with Crippen LogP contribution in [0.2, 0.25) is 0 Å². The number of carboxylic acid groups (broad SMARTS) is 1. The number of alkyl halides is 3. The predicted molar refractivity (Wildman–Crippen MR) is 144 cm³/mol. The minimum absolute atomic E-state index is 0.0336. The van der Waals surface area contributed by atoms with Crippen LogP contribution in [-0.4, -0.2) is 67.0 Å². The molecule has 1 aliphatic carbocycles. The highest BCUT2D eigenvalue weighted by molar-refractivity contribution is 7.89. The van der Waals surface area contributed by atoms with Gasteiger partial charge in [-0.25, -0.2) is 22.9 Å². The van der Waals surface area contributed by atoms with E-state index in [0.29, 0.717) is 41.6 Å². The summed E-state index contributed by atoms with van der Waals surface area (Å²) in [7, 11) is -3.45. The van der Waals surface area contributed by atoms with Gasteiger partial charge in [0.15, 0.2) is 0 Å². The number of nitrogens with zero attached hydrogens (tertiary/aromatic N) is 2. The largest absolute Gasteiger partial charge is 0.490 e. The van der Waals surface area contributed by atoms with Crippen LogP contribution in [-0.2, 0) is 14.8 Å². The number of aliphatic hydroxyl groups excluding tert-OH is 1. The van der Waals surface area contributed by atoms with Gasteiger partial charge in [0, 0.05) is 25.0 Å². The standard InChI is InChI=1S/C24H31N5O3S.C2HF3O2/c30-15-14-25-23-21-8-4-5-9-22(21)28-24(29-23)26-16-18-10-12-19(13-11-18)17-27-33(31,32)20-6-2-1-3-7-20;3-2(4,5)1(6)7/h1-9,18-19,27,30H,10-17H2,(H2,25,26,28,29);(H,6,7). The molecule has 40 heavy (non-hydrogen) atoms. The molecule has 1 aliphatic rings. The van der Waals surface area contributed by atoms with Gasteiger partial charge in [-0.15, -0.1) is 0 Å². The van der Waals surface area contributed by atoms with Crippen molar-refractivity contribution in [1.29, 1.82) is 0 Å². The van der Waals surface area contributed by atoms with Gasteiger partial charge in [0.25, 0.3) is 0 Å². The highest BCUT2D eigenvalue weighted by atomic mass is 32.2. The summed E-state index contributed by atoms with van der Waals surface area (Å²) < 4.78 is 59.4. The molecule has 0 radical (unpaired) electrons. The molecule has 0 unspecified atom stereocenters. The lowest BCUT2D eigenvalue weighted by atomic mass is 9.82. The van der Waals surface area contributed by atoms with Crippen LogP contribution in [0.5, 0.6) is 0 Å². The summed E-state index contributed by atoms with van der Waals surface area (Å²) in [6, 6.07) is 16.3. The summed E-state index contributed by atoms with van der Waals surface area (Å²) in [6.07, 6.45) is -1.03. The summed E-state index contributed by atoms with van der Waals surface area (Å²) in [6.45, 7) is 1.72. The average Bonchev–Trinajstić information content (AvgIpc) is 2.94. The van der Waals surface area contributed by atoms with Crippen LogP contribution in [0.3, 0.4) is 0 Å². The molecule has 0 spiro atoms. The number of hydrogen-bond donors (Lipinski definition) is 5. The summed E-state index contributed by atoms with van der Waals surface area (Å²) >= 11 is 0. The fourth-order valence-corrected chi connectivity index (χ4v) is 5.39. The van der Waals surface area contributed by atoms with Crippen LogP contribution in [0.15, 0.2) is 59.5 Å². The number of para-hydroxylation sites is 1. The third kappa shape index (κ3) is 9.31. The zero-order valence-corrected chi connectivity index (χ0v) is 22.4. The molecule has 0 atom stereocenters. The van der Waals surface area contributed by atoms with Crippen LogP contribution >= 0.6 is 0 Å². The first-order valence-corrected chi connectivity index (χ1v) is 14.2. The van der Waals surface area contributed by atoms with E-state index in [1.54, 1.807) is 24.3 Å². The minimum Gasteiger partial charge on any atom is -0.475 e. The Morgan fingerprint density at radius 3 is 2.08 bits per heavy atom. The molecule has 1 aromatic heterocycles. The Bertz CT molecular complexity index is 1350. The molecule has 0 aliphatic heterocycles. The molecule has 1 heterocycles. The zero-order chi connectivity index (χ0) is 29.2. The van der Waals surface area contributed by atoms with Gasteiger partial charge >= 0.3 is 12.1 Å². The van der Waals surface area contributed by atoms with E-state index in [-0.39, 0.29) is 6.61 Å². The van der Waals surface area contributed by atoms with Crippen molar-refractivity contribution in [1.82, 2.24) is 14.7 Å². The zero-order valence-electron chi connectivity index (χ0n) is 21.6. The molecule has 1 saturated carbocycles. The molecule has 1 fully saturated rings. The van der Waals surface area contributed by atoms with E-state index in [1.807, 2.05) is 30.3 Å². The quantitative estimate of drug-likeness (QED) is 0.239. The monoisotopic (exact) mass is 583 g/mol. The smallest absolute Gasteiger partial charge is 0.475 e. The molecule has 10 nitrogen and oxygen atoms in total. The van der Waals surface area contributed by atoms with Crippen LogP contribution in [0, 0.1) is 11.8 Å². The van der Waals surface area contributed by atoms with Gasteiger partial charge in [0.2, 0.25) is 16.0 Å². The minimum atomic E-state index is -5.08. The van der Waals surface area contributed by atoms with E-state index in [4.69, 9.17) is 15.0 Å². The molecule has 218 valence electrons. The lowest BCUT2D eigenvalue weighted by Gasteiger charge is -2.28. The molecule has 3 aromatic rings. The SMILES string of the molecule is O=C(O)C(F)(F)F.O=S(=O)(NCC1CCC(CNc2nc(NCCO)c3ccccc3n2)CC1)c1ccccc1. The molecule has 0 amide bonds. The molecular formula is C26H32F3N5O5S. The van der Waals surface area contributed by atoms with Crippen molar-refractivity contribution >= 4 is 38.7 Å². The number of sulfonamides is 1. The van der Waals surface area contributed by atoms with Crippen molar-refractivity contribution in [3.63, 3.8) is 0 Å². The molecule has 0 bridgehead atoms. The van der Waals surface area contributed by atoms with Gasteiger partial charge in [-0.3, -0.25) is 0 Å². The third-order valence-electron chi connectivity index (χ3n) is 6.38. The van der Waals surface area contributed by atoms with Crippen LogP contribution in [0.1, 0.15) is 25.7 Å². The number of hydrogen-bond acceptors (Lipinski definition) is 8. The van der Waals surface area contributed by atoms with Crippen LogP contribution in [0.25, 0.3) is 10.9 Å². The highest BCUT2D eigenvalue weighted by Crippen LogP contribution is 2.29. The van der Waals surface area contributed by atoms with Gasteiger partial charge in [-0.1, -0.05) is 30.3 Å². The number of rotatable bonds is 10. The highest BCUT2D eigenvalue weighted by Gasteiger charge is 2.38. The normalized spacial score (nSPS) is 17.5. The van der Waals surface area contributed by atoms with Gasteiger partial charge in [0.1, 0.15) is 5.82 Å². The van der Waals surface area contributed by atoms with Crippen molar-refractivity contribution in [3.8, 4) is 0 Å². The lowest BCUT2D eigenvalue weighted by Crippen LogP contribution is -2.32. The average molecular weight is 584 g/mol. The van der Waals surface area contributed by atoms with Crippen LogP contribution < -0.4 is 15.4 Å². The Balaban J connectivity index is 0.000000559. The number of benzene rings is 2. The van der Waals surface area contributed by atoms with E-state index in [0.717, 1.165) is 43.1 Å². The number of anilines is 2. The number of nitrogens with one attached hydrogen (secondary N) is 3. The first-order valence-electron chi connectivity index (χ1n) is 12.7. The summed E-state index contributed by atoms with van der Waals surface area (Å²) in [5.41, 5.74) is 0.852. The molecular weight excluding hydrogens is 551 g/mol. The van der Waals surface area contributed by atoms with E-state index in [1.165, 1.54) is 0 Å². The first kappa shape index (κ1) is 31.0. The Labute approximate surface area is 230 Å². The van der Waals surface area contributed by atoms with Crippen LogP contribution in [0.4, 0.5) is 24.9 Å². The van der Waals surface area contributed by atoms with E-state index >= 15 is 0 Å². The van der Waals surface area contributed by atoms with Gasteiger partial charge in [0.05, 0.1) is 17.0 Å². The van der Waals surface area contributed by atoms with Gasteiger partial charge in [-0.2, -0.15) is 18.2 Å². The maximum absolute atomic E-state index is 12.4.